The molecule has 5 nitrogen and oxygen atoms in total. The number of hydrogen-bond donors (Lipinski definition) is 1. The van der Waals surface area contributed by atoms with E-state index in [9.17, 15) is 4.79 Å². The summed E-state index contributed by atoms with van der Waals surface area (Å²) >= 11 is 1.67. The molecule has 3 heterocycles. The smallest absolute Gasteiger partial charge is 0.410 e. The van der Waals surface area contributed by atoms with Crippen LogP contribution in [0.15, 0.2) is 0 Å². The molecule has 0 atom stereocenters. The van der Waals surface area contributed by atoms with Crippen molar-refractivity contribution >= 4 is 17.4 Å². The van der Waals surface area contributed by atoms with Crippen LogP contribution < -0.4 is 5.32 Å². The fraction of sp³-hybridized carbons (Fsp3) is 0.692. The van der Waals surface area contributed by atoms with Gasteiger partial charge >= 0.3 is 6.09 Å². The number of carbonyl (C=O) groups excluding carboxylic acids is 1. The van der Waals surface area contributed by atoms with Gasteiger partial charge in [0.1, 0.15) is 5.60 Å². The van der Waals surface area contributed by atoms with Gasteiger partial charge in [-0.2, -0.15) is 0 Å². The van der Waals surface area contributed by atoms with Gasteiger partial charge in [-0.1, -0.05) is 0 Å². The first-order valence-electron chi connectivity index (χ1n) is 6.70. The lowest BCUT2D eigenvalue weighted by atomic mass is 9.92. The summed E-state index contributed by atoms with van der Waals surface area (Å²) in [6.45, 7) is 7.20. The number of nitrogens with zero attached hydrogens (tertiary/aromatic N) is 2. The van der Waals surface area contributed by atoms with Crippen LogP contribution >= 0.6 is 11.3 Å². The predicted molar refractivity (Wildman–Crippen MR) is 73.3 cm³/mol. The molecule has 2 saturated heterocycles. The summed E-state index contributed by atoms with van der Waals surface area (Å²) in [5, 5.41) is 4.36. The van der Waals surface area contributed by atoms with Gasteiger partial charge in [0, 0.05) is 17.7 Å². The molecule has 0 aliphatic carbocycles. The first kappa shape index (κ1) is 12.9. The van der Waals surface area contributed by atoms with Crippen molar-refractivity contribution in [3.8, 4) is 0 Å². The third-order valence-electron chi connectivity index (χ3n) is 3.89. The summed E-state index contributed by atoms with van der Waals surface area (Å²) in [6.07, 6.45) is 1.65. The molecule has 0 saturated carbocycles. The predicted octanol–water partition coefficient (Wildman–Crippen LogP) is 1.83. The van der Waals surface area contributed by atoms with Crippen LogP contribution in [-0.2, 0) is 11.3 Å². The molecular weight excluding hydrogens is 262 g/mol. The molecule has 1 spiro atoms. The molecule has 0 radical (unpaired) electrons. The van der Waals surface area contributed by atoms with Gasteiger partial charge in [-0.05, 0) is 26.9 Å². The van der Waals surface area contributed by atoms with Crippen molar-refractivity contribution in [3.63, 3.8) is 0 Å². The van der Waals surface area contributed by atoms with Crippen molar-refractivity contribution in [2.45, 2.75) is 38.8 Å². The summed E-state index contributed by atoms with van der Waals surface area (Å²) in [4.78, 5) is 19.4. The zero-order chi connectivity index (χ0) is 13.5. The van der Waals surface area contributed by atoms with Gasteiger partial charge in [-0.25, -0.2) is 9.78 Å². The van der Waals surface area contributed by atoms with Gasteiger partial charge in [0.2, 0.25) is 0 Å². The molecule has 1 N–H and O–H groups in total. The van der Waals surface area contributed by atoms with Crippen molar-refractivity contribution in [2.24, 2.45) is 0 Å². The molecule has 0 unspecified atom stereocenters. The van der Waals surface area contributed by atoms with Gasteiger partial charge in [-0.3, -0.25) is 4.90 Å². The Morgan fingerprint density at radius 1 is 1.42 bits per heavy atom. The fourth-order valence-corrected chi connectivity index (χ4v) is 3.80. The molecule has 0 bridgehead atoms. The van der Waals surface area contributed by atoms with E-state index in [2.05, 4.69) is 10.3 Å². The quantitative estimate of drug-likeness (QED) is 0.898. The average molecular weight is 281 g/mol. The van der Waals surface area contributed by atoms with Crippen LogP contribution in [0.25, 0.3) is 0 Å². The highest BCUT2D eigenvalue weighted by Gasteiger charge is 2.45. The number of piperidine rings is 1. The first-order valence-corrected chi connectivity index (χ1v) is 7.51. The maximum absolute atomic E-state index is 12.0. The van der Waals surface area contributed by atoms with Gasteiger partial charge in [0.05, 0.1) is 23.8 Å². The van der Waals surface area contributed by atoms with Crippen LogP contribution in [0.3, 0.4) is 0 Å². The molecular formula is C13H19N3O2S. The van der Waals surface area contributed by atoms with E-state index in [-0.39, 0.29) is 11.7 Å². The summed E-state index contributed by atoms with van der Waals surface area (Å²) in [6, 6.07) is 0. The van der Waals surface area contributed by atoms with E-state index in [0.29, 0.717) is 13.1 Å². The Hall–Kier alpha value is -1.14. The second kappa shape index (κ2) is 4.76. The maximum Gasteiger partial charge on any atom is 0.410 e. The number of rotatable bonds is 2. The van der Waals surface area contributed by atoms with E-state index in [0.717, 1.165) is 36.6 Å². The number of carbonyl (C=O) groups is 1. The summed E-state index contributed by atoms with van der Waals surface area (Å²) in [7, 11) is 0. The zero-order valence-electron chi connectivity index (χ0n) is 11.4. The van der Waals surface area contributed by atoms with Gasteiger partial charge in [0.15, 0.2) is 0 Å². The van der Waals surface area contributed by atoms with Gasteiger partial charge in [0.25, 0.3) is 0 Å². The SMILES string of the molecule is Cc1nc(C)c(CN2CC3(CCNCC3)OC2=O)s1. The molecule has 1 aromatic rings. The van der Waals surface area contributed by atoms with E-state index in [1.807, 2.05) is 18.7 Å². The lowest BCUT2D eigenvalue weighted by Crippen LogP contribution is -2.44. The highest BCUT2D eigenvalue weighted by molar-refractivity contribution is 7.11. The second-order valence-corrected chi connectivity index (χ2v) is 6.69. The first-order chi connectivity index (χ1) is 9.08. The molecule has 2 aliphatic heterocycles. The lowest BCUT2D eigenvalue weighted by molar-refractivity contribution is 0.0316. The Morgan fingerprint density at radius 2 is 2.16 bits per heavy atom. The van der Waals surface area contributed by atoms with Crippen molar-refractivity contribution in [3.05, 3.63) is 15.6 Å². The maximum atomic E-state index is 12.0. The Morgan fingerprint density at radius 3 is 2.79 bits per heavy atom. The molecule has 3 rings (SSSR count). The summed E-state index contributed by atoms with van der Waals surface area (Å²) < 4.78 is 5.65. The number of amides is 1. The van der Waals surface area contributed by atoms with Crippen LogP contribution in [0.1, 0.15) is 28.4 Å². The minimum absolute atomic E-state index is 0.174. The Balaban J connectivity index is 1.72. The Bertz CT molecular complexity index is 494. The topological polar surface area (TPSA) is 54.5 Å². The zero-order valence-corrected chi connectivity index (χ0v) is 12.2. The standard InChI is InChI=1S/C13H19N3O2S/c1-9-11(19-10(2)15-9)7-16-8-13(18-12(16)17)3-5-14-6-4-13/h14H,3-8H2,1-2H3. The van der Waals surface area contributed by atoms with Crippen LogP contribution in [0.4, 0.5) is 4.79 Å². The summed E-state index contributed by atoms with van der Waals surface area (Å²) in [5.74, 6) is 0. The molecule has 104 valence electrons. The van der Waals surface area contributed by atoms with Crippen LogP contribution in [0.2, 0.25) is 0 Å². The minimum Gasteiger partial charge on any atom is -0.441 e. The third kappa shape index (κ3) is 2.47. The van der Waals surface area contributed by atoms with Crippen molar-refractivity contribution in [1.29, 1.82) is 0 Å². The molecule has 2 fully saturated rings. The molecule has 1 amide bonds. The molecule has 1 aromatic heterocycles. The largest absolute Gasteiger partial charge is 0.441 e. The second-order valence-electron chi connectivity index (χ2n) is 5.40. The molecule has 2 aliphatic rings. The van der Waals surface area contributed by atoms with Crippen LogP contribution in [-0.4, -0.2) is 41.2 Å². The summed E-state index contributed by atoms with van der Waals surface area (Å²) in [5.41, 5.74) is 0.775. The van der Waals surface area contributed by atoms with Crippen LogP contribution in [0, 0.1) is 13.8 Å². The van der Waals surface area contributed by atoms with Crippen molar-refractivity contribution in [1.82, 2.24) is 15.2 Å². The lowest BCUT2D eigenvalue weighted by Gasteiger charge is -2.31. The normalized spacial score (nSPS) is 22.0. The third-order valence-corrected chi connectivity index (χ3v) is 4.95. The number of nitrogens with one attached hydrogen (secondary N) is 1. The average Bonchev–Trinajstić information content (AvgIpc) is 2.82. The van der Waals surface area contributed by atoms with Gasteiger partial charge in [-0.15, -0.1) is 11.3 Å². The number of thiazole rings is 1. The van der Waals surface area contributed by atoms with Crippen LogP contribution in [0.5, 0.6) is 0 Å². The Labute approximate surface area is 117 Å². The molecule has 0 aromatic carbocycles. The molecule has 19 heavy (non-hydrogen) atoms. The number of aryl methyl sites for hydroxylation is 2. The number of ether oxygens (including phenoxy) is 1. The van der Waals surface area contributed by atoms with E-state index in [1.54, 1.807) is 11.3 Å². The van der Waals surface area contributed by atoms with Crippen molar-refractivity contribution in [2.75, 3.05) is 19.6 Å². The highest BCUT2D eigenvalue weighted by atomic mass is 32.1. The van der Waals surface area contributed by atoms with E-state index in [4.69, 9.17) is 4.74 Å². The monoisotopic (exact) mass is 281 g/mol. The Kier molecular flexibility index (Phi) is 3.22. The van der Waals surface area contributed by atoms with E-state index in [1.165, 1.54) is 4.88 Å². The fourth-order valence-electron chi connectivity index (χ4n) is 2.85. The number of hydrogen-bond acceptors (Lipinski definition) is 5. The van der Waals surface area contributed by atoms with E-state index >= 15 is 0 Å². The number of aromatic nitrogens is 1. The minimum atomic E-state index is -0.254. The highest BCUT2D eigenvalue weighted by Crippen LogP contribution is 2.32. The van der Waals surface area contributed by atoms with Gasteiger partial charge < -0.3 is 10.1 Å². The van der Waals surface area contributed by atoms with Crippen molar-refractivity contribution < 1.29 is 9.53 Å². The van der Waals surface area contributed by atoms with E-state index < -0.39 is 0 Å². The molecule has 6 heteroatoms.